The molecule has 5 nitrogen and oxygen atoms in total. The molecule has 1 unspecified atom stereocenters. The molecule has 1 atom stereocenters. The number of aromatic amines is 1. The molecule has 5 rings (SSSR count). The lowest BCUT2D eigenvalue weighted by molar-refractivity contribution is 0.468. The second-order valence-electron chi connectivity index (χ2n) is 6.59. The van der Waals surface area contributed by atoms with Gasteiger partial charge < -0.3 is 15.4 Å². The van der Waals surface area contributed by atoms with Crippen LogP contribution in [0.4, 0.5) is 5.69 Å². The van der Waals surface area contributed by atoms with Crippen LogP contribution in [-0.2, 0) is 6.42 Å². The molecule has 0 fully saturated rings. The van der Waals surface area contributed by atoms with E-state index in [1.54, 1.807) is 6.07 Å². The molecule has 5 heteroatoms. The van der Waals surface area contributed by atoms with Gasteiger partial charge in [0.1, 0.15) is 5.75 Å². The third kappa shape index (κ3) is 2.10. The molecule has 0 spiro atoms. The van der Waals surface area contributed by atoms with Gasteiger partial charge in [-0.25, -0.2) is 0 Å². The Hall–Kier alpha value is -3.34. The van der Waals surface area contributed by atoms with Crippen LogP contribution in [0.5, 0.6) is 5.75 Å². The Morgan fingerprint density at radius 1 is 1.12 bits per heavy atom. The summed E-state index contributed by atoms with van der Waals surface area (Å²) >= 11 is 0. The largest absolute Gasteiger partial charge is 0.508 e. The minimum absolute atomic E-state index is 0.0405. The highest BCUT2D eigenvalue weighted by Gasteiger charge is 2.26. The van der Waals surface area contributed by atoms with Crippen molar-refractivity contribution in [3.63, 3.8) is 0 Å². The zero-order valence-corrected chi connectivity index (χ0v) is 14.3. The summed E-state index contributed by atoms with van der Waals surface area (Å²) in [6.07, 6.45) is 4.62. The molecule has 0 bridgehead atoms. The van der Waals surface area contributed by atoms with E-state index in [0.717, 1.165) is 51.0 Å². The van der Waals surface area contributed by atoms with Gasteiger partial charge >= 0.3 is 0 Å². The van der Waals surface area contributed by atoms with Crippen LogP contribution in [0, 0.1) is 0 Å². The average molecular weight is 342 g/mol. The van der Waals surface area contributed by atoms with Gasteiger partial charge in [-0.05, 0) is 35.7 Å². The summed E-state index contributed by atoms with van der Waals surface area (Å²) in [5.74, 6) is 0.343. The molecular weight excluding hydrogens is 324 g/mol. The number of anilines is 1. The number of nitrogens with zero attached hydrogens (tertiary/aromatic N) is 2. The minimum atomic E-state index is -0.0405. The molecule has 0 saturated heterocycles. The smallest absolute Gasteiger partial charge is 0.160 e. The number of rotatable bonds is 2. The number of benzene rings is 2. The fourth-order valence-electron chi connectivity index (χ4n) is 3.84. The summed E-state index contributed by atoms with van der Waals surface area (Å²) in [6, 6.07) is 14.1. The Kier molecular flexibility index (Phi) is 3.22. The first-order valence-electron chi connectivity index (χ1n) is 8.76. The highest BCUT2D eigenvalue weighted by atomic mass is 16.3. The number of hydrogen-bond acceptors (Lipinski definition) is 4. The Morgan fingerprint density at radius 3 is 2.88 bits per heavy atom. The summed E-state index contributed by atoms with van der Waals surface area (Å²) in [4.78, 5) is 3.26. The number of fused-ring (bicyclic) bond motifs is 2. The zero-order chi connectivity index (χ0) is 17.7. The summed E-state index contributed by atoms with van der Waals surface area (Å²) in [5.41, 5.74) is 7.23. The number of H-pyrrole nitrogens is 1. The molecule has 1 aliphatic heterocycles. The van der Waals surface area contributed by atoms with Crippen LogP contribution in [0.2, 0.25) is 0 Å². The number of aromatic nitrogens is 3. The van der Waals surface area contributed by atoms with Crippen LogP contribution in [-0.4, -0.2) is 20.3 Å². The van der Waals surface area contributed by atoms with Crippen LogP contribution in [0.3, 0.4) is 0 Å². The number of nitrogens with one attached hydrogen (secondary N) is 2. The fourth-order valence-corrected chi connectivity index (χ4v) is 3.84. The van der Waals surface area contributed by atoms with Crippen LogP contribution in [0.1, 0.15) is 29.7 Å². The highest BCUT2D eigenvalue weighted by Crippen LogP contribution is 2.43. The number of phenolic OH excluding ortho intramolecular Hbond substituents is 1. The molecule has 26 heavy (non-hydrogen) atoms. The van der Waals surface area contributed by atoms with Gasteiger partial charge in [0.25, 0.3) is 0 Å². The van der Waals surface area contributed by atoms with Gasteiger partial charge in [-0.2, -0.15) is 5.10 Å². The topological polar surface area (TPSA) is 73.8 Å². The lowest BCUT2D eigenvalue weighted by atomic mass is 9.95. The van der Waals surface area contributed by atoms with Crippen LogP contribution < -0.4 is 5.32 Å². The molecule has 0 aliphatic carbocycles. The number of hydrogen-bond donors (Lipinski definition) is 3. The van der Waals surface area contributed by atoms with Gasteiger partial charge in [-0.3, -0.25) is 0 Å². The van der Waals surface area contributed by atoms with E-state index < -0.39 is 0 Å². The third-order valence-corrected chi connectivity index (χ3v) is 5.15. The van der Waals surface area contributed by atoms with Crippen molar-refractivity contribution < 1.29 is 5.11 Å². The van der Waals surface area contributed by atoms with Gasteiger partial charge in [0, 0.05) is 34.0 Å². The van der Waals surface area contributed by atoms with Crippen molar-refractivity contribution in [1.29, 1.82) is 0 Å². The Bertz CT molecular complexity index is 1130. The van der Waals surface area contributed by atoms with Gasteiger partial charge in [0.2, 0.25) is 0 Å². The maximum absolute atomic E-state index is 10.1. The fraction of sp³-hybridized carbons (Fsp3) is 0.143. The number of phenols is 1. The first-order chi connectivity index (χ1) is 12.8. The molecule has 3 N–H and O–H groups in total. The van der Waals surface area contributed by atoms with Crippen molar-refractivity contribution >= 4 is 16.7 Å². The predicted octanol–water partition coefficient (Wildman–Crippen LogP) is 4.41. The molecule has 1 aliphatic rings. The summed E-state index contributed by atoms with van der Waals surface area (Å²) in [5, 5.41) is 23.3. The molecule has 0 amide bonds. The summed E-state index contributed by atoms with van der Waals surface area (Å²) < 4.78 is 0. The molecule has 128 valence electrons. The van der Waals surface area contributed by atoms with Crippen LogP contribution in [0.25, 0.3) is 22.2 Å². The van der Waals surface area contributed by atoms with Crippen molar-refractivity contribution in [2.45, 2.75) is 19.4 Å². The molecule has 4 aromatic rings. The van der Waals surface area contributed by atoms with E-state index in [1.807, 2.05) is 37.5 Å². The van der Waals surface area contributed by atoms with Crippen molar-refractivity contribution in [3.05, 3.63) is 71.5 Å². The van der Waals surface area contributed by atoms with Crippen molar-refractivity contribution in [2.24, 2.45) is 0 Å². The van der Waals surface area contributed by atoms with E-state index in [2.05, 4.69) is 38.7 Å². The molecular formula is C21H18N4O. The standard InChI is InChI=1S/C21H18N4O/c1-2-12-9-13(7-8-18(12)26)20-16-10-22-21-19(16)15(11-23-25-21)14-5-3-4-6-17(14)24-20/h3-11,20,24,26H,2H2,1H3,(H,22,25). The first-order valence-corrected chi connectivity index (χ1v) is 8.76. The monoisotopic (exact) mass is 342 g/mol. The van der Waals surface area contributed by atoms with E-state index in [1.165, 1.54) is 0 Å². The molecule has 2 aromatic carbocycles. The Morgan fingerprint density at radius 2 is 2.00 bits per heavy atom. The zero-order valence-electron chi connectivity index (χ0n) is 14.3. The van der Waals surface area contributed by atoms with Gasteiger partial charge in [-0.1, -0.05) is 31.2 Å². The molecule has 0 radical (unpaired) electrons. The maximum atomic E-state index is 10.1. The van der Waals surface area contributed by atoms with Crippen molar-refractivity contribution in [1.82, 2.24) is 15.2 Å². The normalized spacial score (nSPS) is 15.3. The number of para-hydroxylation sites is 1. The SMILES string of the molecule is CCc1cc(C2Nc3ccccc3-c3cnnc4[nH]cc2c34)ccc1O. The van der Waals surface area contributed by atoms with Gasteiger partial charge in [0.15, 0.2) is 5.65 Å². The summed E-state index contributed by atoms with van der Waals surface area (Å²) in [6.45, 7) is 2.05. The van der Waals surface area contributed by atoms with E-state index >= 15 is 0 Å². The van der Waals surface area contributed by atoms with Crippen LogP contribution >= 0.6 is 0 Å². The van der Waals surface area contributed by atoms with E-state index in [9.17, 15) is 5.11 Å². The minimum Gasteiger partial charge on any atom is -0.508 e. The second-order valence-corrected chi connectivity index (χ2v) is 6.59. The average Bonchev–Trinajstić information content (AvgIpc) is 3.04. The molecule has 2 aromatic heterocycles. The van der Waals surface area contributed by atoms with Crippen LogP contribution in [0.15, 0.2) is 54.9 Å². The Labute approximate surface area is 150 Å². The predicted molar refractivity (Wildman–Crippen MR) is 102 cm³/mol. The van der Waals surface area contributed by atoms with Crippen molar-refractivity contribution in [3.8, 4) is 16.9 Å². The first kappa shape index (κ1) is 15.0. The van der Waals surface area contributed by atoms with E-state index in [4.69, 9.17) is 0 Å². The Balaban J connectivity index is 1.80. The second kappa shape index (κ2) is 5.59. The molecule has 0 saturated carbocycles. The van der Waals surface area contributed by atoms with Gasteiger partial charge in [0.05, 0.1) is 12.2 Å². The highest BCUT2D eigenvalue weighted by molar-refractivity contribution is 6.00. The molecule has 3 heterocycles. The lowest BCUT2D eigenvalue weighted by Gasteiger charge is -2.20. The quantitative estimate of drug-likeness (QED) is 0.504. The van der Waals surface area contributed by atoms with E-state index in [0.29, 0.717) is 5.75 Å². The number of aryl methyl sites for hydroxylation is 1. The summed E-state index contributed by atoms with van der Waals surface area (Å²) in [7, 11) is 0. The third-order valence-electron chi connectivity index (χ3n) is 5.15. The van der Waals surface area contributed by atoms with Crippen molar-refractivity contribution in [2.75, 3.05) is 5.32 Å². The van der Waals surface area contributed by atoms with Gasteiger partial charge in [-0.15, -0.1) is 5.10 Å². The maximum Gasteiger partial charge on any atom is 0.160 e. The van der Waals surface area contributed by atoms with E-state index in [-0.39, 0.29) is 6.04 Å². The lowest BCUT2D eigenvalue weighted by Crippen LogP contribution is -2.11. The number of aromatic hydroxyl groups is 1.